The first-order valence-corrected chi connectivity index (χ1v) is 7.78. The molecule has 134 valence electrons. The molecule has 2 rings (SSSR count). The number of aliphatic carboxylic acids is 1. The molecular weight excluding hydrogens is 357 g/mol. The zero-order valence-electron chi connectivity index (χ0n) is 13.0. The molecule has 0 amide bonds. The van der Waals surface area contributed by atoms with Crippen LogP contribution >= 0.6 is 11.6 Å². The summed E-state index contributed by atoms with van der Waals surface area (Å²) < 4.78 is 38.4. The Morgan fingerprint density at radius 3 is 2.40 bits per heavy atom. The summed E-state index contributed by atoms with van der Waals surface area (Å²) in [5, 5.41) is 11.1. The van der Waals surface area contributed by atoms with E-state index in [1.807, 2.05) is 12.1 Å². The van der Waals surface area contributed by atoms with Gasteiger partial charge in [0, 0.05) is 12.1 Å². The van der Waals surface area contributed by atoms with Crippen LogP contribution in [0.15, 0.2) is 36.4 Å². The van der Waals surface area contributed by atoms with Gasteiger partial charge < -0.3 is 16.2 Å². The van der Waals surface area contributed by atoms with Crippen LogP contribution in [0.4, 0.5) is 30.2 Å². The van der Waals surface area contributed by atoms with Crippen molar-refractivity contribution in [2.75, 3.05) is 11.1 Å². The smallest absolute Gasteiger partial charge is 0.417 e. The first-order chi connectivity index (χ1) is 11.7. The summed E-state index contributed by atoms with van der Waals surface area (Å²) in [6, 6.07) is 9.03. The second-order valence-electron chi connectivity index (χ2n) is 5.49. The van der Waals surface area contributed by atoms with Crippen LogP contribution in [-0.4, -0.2) is 11.1 Å². The molecule has 2 aromatic rings. The van der Waals surface area contributed by atoms with Crippen LogP contribution in [-0.2, 0) is 17.4 Å². The van der Waals surface area contributed by atoms with Crippen LogP contribution in [0.5, 0.6) is 0 Å². The van der Waals surface area contributed by atoms with Gasteiger partial charge in [-0.2, -0.15) is 13.2 Å². The number of alkyl halides is 3. The zero-order valence-corrected chi connectivity index (χ0v) is 13.8. The Bertz CT molecular complexity index is 762. The fourth-order valence-corrected chi connectivity index (χ4v) is 2.54. The molecule has 4 N–H and O–H groups in total. The number of carbonyl (C=O) groups is 1. The molecule has 0 unspecified atom stereocenters. The predicted octanol–water partition coefficient (Wildman–Crippen LogP) is 5.09. The highest BCUT2D eigenvalue weighted by Gasteiger charge is 2.33. The molecule has 0 spiro atoms. The van der Waals surface area contributed by atoms with Crippen LogP contribution < -0.4 is 11.1 Å². The summed E-state index contributed by atoms with van der Waals surface area (Å²) >= 11 is 5.70. The molecule has 0 heterocycles. The molecule has 25 heavy (non-hydrogen) atoms. The lowest BCUT2D eigenvalue weighted by Gasteiger charge is -2.15. The normalized spacial score (nSPS) is 11.4. The van der Waals surface area contributed by atoms with Gasteiger partial charge in [-0.3, -0.25) is 4.79 Å². The number of carboxylic acid groups (broad SMARTS) is 1. The third kappa shape index (κ3) is 5.29. The second-order valence-corrected chi connectivity index (χ2v) is 5.89. The molecule has 0 atom stereocenters. The van der Waals surface area contributed by atoms with E-state index in [-0.39, 0.29) is 17.8 Å². The maximum atomic E-state index is 12.8. The second kappa shape index (κ2) is 7.65. The van der Waals surface area contributed by atoms with Crippen molar-refractivity contribution in [3.05, 3.63) is 52.5 Å². The highest BCUT2D eigenvalue weighted by atomic mass is 35.5. The largest absolute Gasteiger partial charge is 0.481 e. The third-order valence-electron chi connectivity index (χ3n) is 3.53. The Balaban J connectivity index is 2.09. The predicted molar refractivity (Wildman–Crippen MR) is 91.2 cm³/mol. The lowest BCUT2D eigenvalue weighted by molar-refractivity contribution is -0.138. The van der Waals surface area contributed by atoms with E-state index < -0.39 is 22.7 Å². The topological polar surface area (TPSA) is 75.3 Å². The average molecular weight is 373 g/mol. The Morgan fingerprint density at radius 2 is 1.84 bits per heavy atom. The van der Waals surface area contributed by atoms with E-state index >= 15 is 0 Å². The molecule has 0 saturated carbocycles. The molecule has 0 fully saturated rings. The maximum absolute atomic E-state index is 12.8. The van der Waals surface area contributed by atoms with Gasteiger partial charge in [0.25, 0.3) is 0 Å². The maximum Gasteiger partial charge on any atom is 0.417 e. The highest BCUT2D eigenvalue weighted by Crippen LogP contribution is 2.39. The number of nitrogen functional groups attached to an aromatic ring is 1. The fourth-order valence-electron chi connectivity index (χ4n) is 2.27. The Kier molecular flexibility index (Phi) is 5.79. The van der Waals surface area contributed by atoms with Crippen molar-refractivity contribution in [2.24, 2.45) is 0 Å². The molecule has 0 aliphatic carbocycles. The van der Waals surface area contributed by atoms with Crippen molar-refractivity contribution < 1.29 is 23.1 Å². The minimum absolute atomic E-state index is 0.0674. The number of rotatable bonds is 6. The highest BCUT2D eigenvalue weighted by molar-refractivity contribution is 6.32. The number of anilines is 3. The van der Waals surface area contributed by atoms with E-state index in [0.717, 1.165) is 17.7 Å². The molecule has 0 bridgehead atoms. The Labute approximate surface area is 147 Å². The monoisotopic (exact) mass is 372 g/mol. The van der Waals surface area contributed by atoms with E-state index in [0.29, 0.717) is 18.5 Å². The van der Waals surface area contributed by atoms with Gasteiger partial charge in [-0.1, -0.05) is 23.7 Å². The fraction of sp³-hybridized carbons (Fsp3) is 0.235. The summed E-state index contributed by atoms with van der Waals surface area (Å²) in [5.74, 6) is -0.840. The lowest BCUT2D eigenvalue weighted by Crippen LogP contribution is -2.08. The van der Waals surface area contributed by atoms with E-state index in [1.165, 1.54) is 0 Å². The van der Waals surface area contributed by atoms with Gasteiger partial charge in [-0.15, -0.1) is 0 Å². The molecule has 0 radical (unpaired) electrons. The van der Waals surface area contributed by atoms with Crippen molar-refractivity contribution in [1.82, 2.24) is 0 Å². The molecule has 4 nitrogen and oxygen atoms in total. The summed E-state index contributed by atoms with van der Waals surface area (Å²) in [5.41, 5.74) is 6.50. The van der Waals surface area contributed by atoms with Crippen molar-refractivity contribution in [3.63, 3.8) is 0 Å². The Hall–Kier alpha value is -2.41. The summed E-state index contributed by atoms with van der Waals surface area (Å²) in [6.45, 7) is 0. The molecule has 2 aromatic carbocycles. The first kappa shape index (κ1) is 18.9. The number of hydrogen-bond acceptors (Lipinski definition) is 3. The van der Waals surface area contributed by atoms with E-state index in [1.54, 1.807) is 12.1 Å². The van der Waals surface area contributed by atoms with Gasteiger partial charge in [0.1, 0.15) is 0 Å². The number of nitrogens with two attached hydrogens (primary N) is 1. The van der Waals surface area contributed by atoms with Gasteiger partial charge >= 0.3 is 12.1 Å². The van der Waals surface area contributed by atoms with E-state index in [9.17, 15) is 18.0 Å². The summed E-state index contributed by atoms with van der Waals surface area (Å²) in [7, 11) is 0. The van der Waals surface area contributed by atoms with Gasteiger partial charge in [0.2, 0.25) is 0 Å². The molecule has 0 aliphatic heterocycles. The minimum atomic E-state index is -4.57. The SMILES string of the molecule is Nc1cc(C(F)(F)F)c(Cl)cc1Nc1ccc(CCCC(=O)O)cc1. The van der Waals surface area contributed by atoms with E-state index in [4.69, 9.17) is 22.4 Å². The Morgan fingerprint density at radius 1 is 1.20 bits per heavy atom. The standard InChI is InChI=1S/C17H16ClF3N2O2/c18-13-9-15(14(22)8-12(13)17(19,20)21)23-11-6-4-10(5-7-11)2-1-3-16(24)25/h4-9,23H,1-3,22H2,(H,24,25). The molecule has 8 heteroatoms. The average Bonchev–Trinajstić information content (AvgIpc) is 2.51. The molecule has 0 aliphatic rings. The van der Waals surface area contributed by atoms with Crippen LogP contribution in [0.1, 0.15) is 24.0 Å². The van der Waals surface area contributed by atoms with Crippen molar-refractivity contribution in [3.8, 4) is 0 Å². The number of nitrogens with one attached hydrogen (secondary N) is 1. The lowest BCUT2D eigenvalue weighted by atomic mass is 10.1. The van der Waals surface area contributed by atoms with Gasteiger partial charge in [0.05, 0.1) is 22.0 Å². The molecular formula is C17H16ClF3N2O2. The number of carboxylic acids is 1. The third-order valence-corrected chi connectivity index (χ3v) is 3.85. The number of benzene rings is 2. The number of halogens is 4. The van der Waals surface area contributed by atoms with Crippen LogP contribution in [0.25, 0.3) is 0 Å². The number of aryl methyl sites for hydroxylation is 1. The summed E-state index contributed by atoms with van der Waals surface area (Å²) in [6.07, 6.45) is -3.31. The molecule has 0 aromatic heterocycles. The van der Waals surface area contributed by atoms with Crippen molar-refractivity contribution in [1.29, 1.82) is 0 Å². The van der Waals surface area contributed by atoms with Gasteiger partial charge in [-0.05, 0) is 42.7 Å². The quantitative estimate of drug-likeness (QED) is 0.617. The van der Waals surface area contributed by atoms with Crippen LogP contribution in [0, 0.1) is 0 Å². The van der Waals surface area contributed by atoms with Gasteiger partial charge in [0.15, 0.2) is 0 Å². The van der Waals surface area contributed by atoms with Gasteiger partial charge in [-0.25, -0.2) is 0 Å². The zero-order chi connectivity index (χ0) is 18.6. The summed E-state index contributed by atoms with van der Waals surface area (Å²) in [4.78, 5) is 10.5. The van der Waals surface area contributed by atoms with Crippen LogP contribution in [0.3, 0.4) is 0 Å². The van der Waals surface area contributed by atoms with Crippen molar-refractivity contribution in [2.45, 2.75) is 25.4 Å². The van der Waals surface area contributed by atoms with Crippen molar-refractivity contribution >= 4 is 34.6 Å². The van der Waals surface area contributed by atoms with Crippen LogP contribution in [0.2, 0.25) is 5.02 Å². The molecule has 0 saturated heterocycles. The first-order valence-electron chi connectivity index (χ1n) is 7.41. The number of hydrogen-bond donors (Lipinski definition) is 3. The van der Waals surface area contributed by atoms with E-state index in [2.05, 4.69) is 5.32 Å². The minimum Gasteiger partial charge on any atom is -0.481 e.